The van der Waals surface area contributed by atoms with Crippen molar-refractivity contribution in [3.8, 4) is 11.3 Å². The topological polar surface area (TPSA) is 128 Å². The minimum Gasteiger partial charge on any atom is -0.365 e. The summed E-state index contributed by atoms with van der Waals surface area (Å²) in [6, 6.07) is 12.8. The van der Waals surface area contributed by atoms with E-state index >= 15 is 0 Å². The van der Waals surface area contributed by atoms with E-state index in [1.54, 1.807) is 20.3 Å². The summed E-state index contributed by atoms with van der Waals surface area (Å²) in [4.78, 5) is 23.6. The minimum atomic E-state index is -0.401. The number of ether oxygens (including phenoxy) is 2. The van der Waals surface area contributed by atoms with E-state index < -0.39 is 6.03 Å². The number of methoxy groups -OCH3 is 2. The average molecular weight is 536 g/mol. The first kappa shape index (κ1) is 25.6. The van der Waals surface area contributed by atoms with Crippen LogP contribution < -0.4 is 16.0 Å². The Bertz CT molecular complexity index is 1560. The molecule has 0 fully saturated rings. The smallest absolute Gasteiger partial charge is 0.324 e. The molecule has 0 spiro atoms. The zero-order chi connectivity index (χ0) is 26.9. The number of pyridine rings is 1. The molecule has 1 aromatic carbocycles. The Morgan fingerprint density at radius 1 is 1.05 bits per heavy atom. The van der Waals surface area contributed by atoms with Crippen LogP contribution in [-0.2, 0) is 14.9 Å². The number of amides is 2. The molecule has 0 bridgehead atoms. The van der Waals surface area contributed by atoms with Gasteiger partial charge in [0.1, 0.15) is 16.4 Å². The molecular weight excluding hydrogens is 506 g/mol. The van der Waals surface area contributed by atoms with Crippen LogP contribution in [0, 0.1) is 0 Å². The SMILES string of the molecule is COC(CNc1ccc2c(n1)sc1nc(-c3ccc(NC(=O)Nc4cc(C(C)(C)C)on4)cc3)cn12)OC. The number of carbonyl (C=O) groups is 1. The van der Waals surface area contributed by atoms with Crippen molar-refractivity contribution in [2.24, 2.45) is 0 Å². The zero-order valence-electron chi connectivity index (χ0n) is 21.7. The van der Waals surface area contributed by atoms with E-state index in [2.05, 4.69) is 26.1 Å². The van der Waals surface area contributed by atoms with Gasteiger partial charge >= 0.3 is 6.03 Å². The van der Waals surface area contributed by atoms with E-state index in [9.17, 15) is 4.79 Å². The number of benzene rings is 1. The highest BCUT2D eigenvalue weighted by Gasteiger charge is 2.20. The van der Waals surface area contributed by atoms with Gasteiger partial charge in [0.25, 0.3) is 0 Å². The van der Waals surface area contributed by atoms with E-state index in [4.69, 9.17) is 19.0 Å². The molecule has 0 saturated carbocycles. The van der Waals surface area contributed by atoms with E-state index in [-0.39, 0.29) is 11.7 Å². The van der Waals surface area contributed by atoms with E-state index in [0.717, 1.165) is 32.4 Å². The average Bonchev–Trinajstić information content (AvgIpc) is 3.59. The Hall–Kier alpha value is -4.00. The summed E-state index contributed by atoms with van der Waals surface area (Å²) in [5.74, 6) is 1.80. The van der Waals surface area contributed by atoms with Crippen molar-refractivity contribution in [1.29, 1.82) is 0 Å². The largest absolute Gasteiger partial charge is 0.365 e. The third kappa shape index (κ3) is 5.47. The maximum atomic E-state index is 12.4. The number of hydrogen-bond acceptors (Lipinski definition) is 9. The zero-order valence-corrected chi connectivity index (χ0v) is 22.5. The van der Waals surface area contributed by atoms with Crippen LogP contribution in [0.25, 0.3) is 26.6 Å². The standard InChI is InChI=1S/C26H29N7O4S/c1-26(2,3)19-12-21(32-37-19)31-24(34)28-16-8-6-15(7-9-16)17-14-33-18-10-11-20(27-13-22(35-4)36-5)30-23(18)38-25(33)29-17/h6-12,14,22H,13H2,1-5H3,(H,27,30)(H2,28,31,32,34). The van der Waals surface area contributed by atoms with Gasteiger partial charge in [0.05, 0.1) is 17.8 Å². The highest BCUT2D eigenvalue weighted by Crippen LogP contribution is 2.30. The predicted octanol–water partition coefficient (Wildman–Crippen LogP) is 5.57. The molecular formula is C26H29N7O4S. The van der Waals surface area contributed by atoms with Crippen molar-refractivity contribution < 1.29 is 18.8 Å². The van der Waals surface area contributed by atoms with Crippen molar-refractivity contribution in [3.63, 3.8) is 0 Å². The number of fused-ring (bicyclic) bond motifs is 3. The predicted molar refractivity (Wildman–Crippen MR) is 148 cm³/mol. The second-order valence-corrected chi connectivity index (χ2v) is 10.6. The van der Waals surface area contributed by atoms with Gasteiger partial charge in [0.2, 0.25) is 0 Å². The lowest BCUT2D eigenvalue weighted by atomic mass is 9.93. The number of imidazole rings is 1. The number of aromatic nitrogens is 4. The van der Waals surface area contributed by atoms with Gasteiger partial charge in [-0.2, -0.15) is 0 Å². The Balaban J connectivity index is 1.25. The molecule has 0 aliphatic rings. The molecule has 11 nitrogen and oxygen atoms in total. The van der Waals surface area contributed by atoms with Crippen LogP contribution in [0.1, 0.15) is 26.5 Å². The summed E-state index contributed by atoms with van der Waals surface area (Å²) in [5, 5.41) is 12.6. The summed E-state index contributed by atoms with van der Waals surface area (Å²) < 4.78 is 17.8. The molecule has 4 aromatic heterocycles. The number of nitrogens with zero attached hydrogens (tertiary/aromatic N) is 4. The minimum absolute atomic E-state index is 0.192. The van der Waals surface area contributed by atoms with Crippen molar-refractivity contribution in [3.05, 3.63) is 54.4 Å². The molecule has 198 valence electrons. The van der Waals surface area contributed by atoms with Crippen LogP contribution in [0.4, 0.5) is 22.1 Å². The van der Waals surface area contributed by atoms with Gasteiger partial charge in [0, 0.05) is 43.1 Å². The van der Waals surface area contributed by atoms with Crippen LogP contribution in [0.15, 0.2) is 53.2 Å². The Labute approximate surface area is 223 Å². The number of urea groups is 1. The molecule has 2 amide bonds. The van der Waals surface area contributed by atoms with Crippen molar-refractivity contribution in [2.75, 3.05) is 36.7 Å². The fraction of sp³-hybridized carbons (Fsp3) is 0.308. The van der Waals surface area contributed by atoms with Gasteiger partial charge in [-0.15, -0.1) is 0 Å². The Morgan fingerprint density at radius 2 is 1.82 bits per heavy atom. The number of rotatable bonds is 8. The van der Waals surface area contributed by atoms with E-state index in [1.165, 1.54) is 11.3 Å². The maximum absolute atomic E-state index is 12.4. The Kier molecular flexibility index (Phi) is 7.02. The van der Waals surface area contributed by atoms with E-state index in [0.29, 0.717) is 23.8 Å². The molecule has 0 saturated heterocycles. The first-order chi connectivity index (χ1) is 18.2. The summed E-state index contributed by atoms with van der Waals surface area (Å²) in [5.41, 5.74) is 3.19. The third-order valence-corrected chi connectivity index (χ3v) is 6.83. The monoisotopic (exact) mass is 535 g/mol. The van der Waals surface area contributed by atoms with Gasteiger partial charge in [-0.25, -0.2) is 14.8 Å². The number of thiazole rings is 1. The van der Waals surface area contributed by atoms with Crippen LogP contribution >= 0.6 is 11.3 Å². The second-order valence-electron chi connectivity index (χ2n) is 9.67. The lowest BCUT2D eigenvalue weighted by Crippen LogP contribution is -2.23. The highest BCUT2D eigenvalue weighted by molar-refractivity contribution is 7.23. The van der Waals surface area contributed by atoms with Crippen LogP contribution in [-0.4, -0.2) is 52.6 Å². The molecule has 0 atom stereocenters. The van der Waals surface area contributed by atoms with Gasteiger partial charge in [-0.05, 0) is 24.3 Å². The molecule has 0 radical (unpaired) electrons. The molecule has 0 aliphatic carbocycles. The molecule has 5 aromatic rings. The molecule has 0 aliphatic heterocycles. The van der Waals surface area contributed by atoms with Crippen LogP contribution in [0.3, 0.4) is 0 Å². The highest BCUT2D eigenvalue weighted by atomic mass is 32.1. The number of carbonyl (C=O) groups excluding carboxylic acids is 1. The lowest BCUT2D eigenvalue weighted by molar-refractivity contribution is -0.0914. The molecule has 12 heteroatoms. The van der Waals surface area contributed by atoms with Crippen molar-refractivity contribution in [1.82, 2.24) is 19.5 Å². The lowest BCUT2D eigenvalue weighted by Gasteiger charge is -2.14. The summed E-state index contributed by atoms with van der Waals surface area (Å²) >= 11 is 1.51. The van der Waals surface area contributed by atoms with Gasteiger partial charge in [-0.3, -0.25) is 9.72 Å². The van der Waals surface area contributed by atoms with Crippen LogP contribution in [0.5, 0.6) is 0 Å². The quantitative estimate of drug-likeness (QED) is 0.220. The molecule has 38 heavy (non-hydrogen) atoms. The maximum Gasteiger partial charge on any atom is 0.324 e. The van der Waals surface area contributed by atoms with Crippen molar-refractivity contribution >= 4 is 50.0 Å². The first-order valence-electron chi connectivity index (χ1n) is 12.0. The van der Waals surface area contributed by atoms with Crippen molar-refractivity contribution in [2.45, 2.75) is 32.5 Å². The molecule has 5 rings (SSSR count). The molecule has 4 heterocycles. The van der Waals surface area contributed by atoms with Gasteiger partial charge in [0.15, 0.2) is 17.1 Å². The summed E-state index contributed by atoms with van der Waals surface area (Å²) in [7, 11) is 3.20. The Morgan fingerprint density at radius 3 is 2.50 bits per heavy atom. The molecule has 3 N–H and O–H groups in total. The van der Waals surface area contributed by atoms with Gasteiger partial charge < -0.3 is 24.6 Å². The fourth-order valence-corrected chi connectivity index (χ4v) is 4.75. The first-order valence-corrected chi connectivity index (χ1v) is 12.8. The number of hydrogen-bond donors (Lipinski definition) is 3. The fourth-order valence-electron chi connectivity index (χ4n) is 3.76. The molecule has 0 unspecified atom stereocenters. The van der Waals surface area contributed by atoms with Crippen LogP contribution in [0.2, 0.25) is 0 Å². The normalized spacial score (nSPS) is 11.9. The van der Waals surface area contributed by atoms with E-state index in [1.807, 2.05) is 67.8 Å². The number of nitrogens with one attached hydrogen (secondary N) is 3. The third-order valence-electron chi connectivity index (χ3n) is 5.87. The number of anilines is 3. The second kappa shape index (κ2) is 10.4. The summed E-state index contributed by atoms with van der Waals surface area (Å²) in [6.07, 6.45) is 1.64. The summed E-state index contributed by atoms with van der Waals surface area (Å²) in [6.45, 7) is 6.53. The van der Waals surface area contributed by atoms with Gasteiger partial charge in [-0.1, -0.05) is 49.4 Å².